The Hall–Kier alpha value is -1.26. The lowest BCUT2D eigenvalue weighted by Gasteiger charge is -2.16. The first kappa shape index (κ1) is 13.8. The lowest BCUT2D eigenvalue weighted by molar-refractivity contribution is 0.154. The van der Waals surface area contributed by atoms with Crippen molar-refractivity contribution in [3.8, 4) is 0 Å². The maximum atomic E-state index is 10.9. The number of hydrogen-bond donors (Lipinski definition) is 2. The van der Waals surface area contributed by atoms with E-state index in [1.807, 2.05) is 30.3 Å². The molecular weight excluding hydrogens is 240 g/mol. The Bertz CT molecular complexity index is 372. The quantitative estimate of drug-likeness (QED) is 0.847. The Balaban J connectivity index is 0.00000144. The topological polar surface area (TPSA) is 66.6 Å². The van der Waals surface area contributed by atoms with Gasteiger partial charge < -0.3 is 15.7 Å². The van der Waals surface area contributed by atoms with Gasteiger partial charge in [-0.3, -0.25) is 0 Å². The van der Waals surface area contributed by atoms with Crippen molar-refractivity contribution < 1.29 is 9.90 Å². The first-order valence-corrected chi connectivity index (χ1v) is 5.45. The van der Waals surface area contributed by atoms with Crippen molar-refractivity contribution in [3.63, 3.8) is 0 Å². The molecule has 1 aromatic carbocycles. The molecule has 1 fully saturated rings. The van der Waals surface area contributed by atoms with Crippen LogP contribution in [0, 0.1) is 5.92 Å². The SMILES string of the molecule is Cl.NC[C@H]1CN(C(=O)O)C[C@@H]1c1ccccc1. The summed E-state index contributed by atoms with van der Waals surface area (Å²) in [6.07, 6.45) is -0.850. The third kappa shape index (κ3) is 2.90. The van der Waals surface area contributed by atoms with E-state index in [4.69, 9.17) is 10.8 Å². The summed E-state index contributed by atoms with van der Waals surface area (Å²) < 4.78 is 0. The van der Waals surface area contributed by atoms with E-state index in [1.54, 1.807) is 0 Å². The molecule has 4 nitrogen and oxygen atoms in total. The van der Waals surface area contributed by atoms with Crippen LogP contribution < -0.4 is 5.73 Å². The molecule has 1 aromatic rings. The second-order valence-electron chi connectivity index (χ2n) is 4.20. The summed E-state index contributed by atoms with van der Waals surface area (Å²) in [5.41, 5.74) is 6.89. The average molecular weight is 257 g/mol. The van der Waals surface area contributed by atoms with Gasteiger partial charge in [0.1, 0.15) is 0 Å². The predicted molar refractivity (Wildman–Crippen MR) is 68.6 cm³/mol. The highest BCUT2D eigenvalue weighted by molar-refractivity contribution is 5.85. The summed E-state index contributed by atoms with van der Waals surface area (Å²) in [6, 6.07) is 10.0. The van der Waals surface area contributed by atoms with E-state index < -0.39 is 6.09 Å². The second-order valence-corrected chi connectivity index (χ2v) is 4.20. The van der Waals surface area contributed by atoms with Crippen molar-refractivity contribution in [3.05, 3.63) is 35.9 Å². The minimum atomic E-state index is -0.850. The minimum absolute atomic E-state index is 0. The molecule has 3 N–H and O–H groups in total. The zero-order chi connectivity index (χ0) is 11.5. The predicted octanol–water partition coefficient (Wildman–Crippen LogP) is 1.76. The number of likely N-dealkylation sites (tertiary alicyclic amines) is 1. The third-order valence-electron chi connectivity index (χ3n) is 3.24. The molecule has 94 valence electrons. The molecule has 1 aliphatic rings. The van der Waals surface area contributed by atoms with Gasteiger partial charge in [0.05, 0.1) is 0 Å². The van der Waals surface area contributed by atoms with E-state index in [1.165, 1.54) is 10.5 Å². The van der Waals surface area contributed by atoms with Gasteiger partial charge in [0.2, 0.25) is 0 Å². The van der Waals surface area contributed by atoms with Crippen molar-refractivity contribution in [2.75, 3.05) is 19.6 Å². The average Bonchev–Trinajstić information content (AvgIpc) is 2.74. The first-order chi connectivity index (χ1) is 7.72. The number of halogens is 1. The summed E-state index contributed by atoms with van der Waals surface area (Å²) in [5, 5.41) is 8.98. The first-order valence-electron chi connectivity index (χ1n) is 5.45. The van der Waals surface area contributed by atoms with E-state index in [0.717, 1.165) is 0 Å². The highest BCUT2D eigenvalue weighted by Gasteiger charge is 2.34. The van der Waals surface area contributed by atoms with E-state index in [9.17, 15) is 4.79 Å². The molecule has 1 heterocycles. The number of amides is 1. The number of benzene rings is 1. The van der Waals surface area contributed by atoms with E-state index >= 15 is 0 Å². The Morgan fingerprint density at radius 1 is 1.35 bits per heavy atom. The van der Waals surface area contributed by atoms with Crippen molar-refractivity contribution in [1.82, 2.24) is 4.90 Å². The van der Waals surface area contributed by atoms with Crippen LogP contribution in [0.1, 0.15) is 11.5 Å². The third-order valence-corrected chi connectivity index (χ3v) is 3.24. The van der Waals surface area contributed by atoms with Crippen molar-refractivity contribution in [2.45, 2.75) is 5.92 Å². The normalized spacial score (nSPS) is 23.2. The van der Waals surface area contributed by atoms with Gasteiger partial charge in [-0.2, -0.15) is 0 Å². The zero-order valence-corrected chi connectivity index (χ0v) is 10.3. The van der Waals surface area contributed by atoms with Gasteiger partial charge in [-0.05, 0) is 18.0 Å². The summed E-state index contributed by atoms with van der Waals surface area (Å²) in [7, 11) is 0. The second kappa shape index (κ2) is 5.89. The van der Waals surface area contributed by atoms with Crippen LogP contribution in [-0.4, -0.2) is 35.7 Å². The van der Waals surface area contributed by atoms with Crippen LogP contribution in [-0.2, 0) is 0 Å². The molecule has 1 saturated heterocycles. The van der Waals surface area contributed by atoms with E-state index in [-0.39, 0.29) is 24.2 Å². The Morgan fingerprint density at radius 3 is 2.53 bits per heavy atom. The molecule has 1 amide bonds. The highest BCUT2D eigenvalue weighted by atomic mass is 35.5. The van der Waals surface area contributed by atoms with Crippen molar-refractivity contribution >= 4 is 18.5 Å². The highest BCUT2D eigenvalue weighted by Crippen LogP contribution is 2.31. The van der Waals surface area contributed by atoms with Crippen LogP contribution in [0.5, 0.6) is 0 Å². The minimum Gasteiger partial charge on any atom is -0.465 e. The molecule has 5 heteroatoms. The van der Waals surface area contributed by atoms with Crippen LogP contribution in [0.3, 0.4) is 0 Å². The molecule has 0 radical (unpaired) electrons. The number of hydrogen-bond acceptors (Lipinski definition) is 2. The molecule has 0 aromatic heterocycles. The van der Waals surface area contributed by atoms with Gasteiger partial charge in [-0.15, -0.1) is 12.4 Å². The lowest BCUT2D eigenvalue weighted by atomic mass is 9.89. The van der Waals surface area contributed by atoms with Gasteiger partial charge >= 0.3 is 6.09 Å². The number of carbonyl (C=O) groups is 1. The molecule has 0 aliphatic carbocycles. The Labute approximate surface area is 107 Å². The molecule has 0 bridgehead atoms. The standard InChI is InChI=1S/C12H16N2O2.ClH/c13-6-10-7-14(12(15)16)8-11(10)9-4-2-1-3-5-9;/h1-5,10-11H,6-8,13H2,(H,15,16);1H/t10-,11+;/m0./s1. The molecule has 2 rings (SSSR count). The van der Waals surface area contributed by atoms with Crippen molar-refractivity contribution in [1.29, 1.82) is 0 Å². The summed E-state index contributed by atoms with van der Waals surface area (Å²) in [4.78, 5) is 12.4. The largest absolute Gasteiger partial charge is 0.465 e. The van der Waals surface area contributed by atoms with Gasteiger partial charge in [-0.25, -0.2) is 4.79 Å². The monoisotopic (exact) mass is 256 g/mol. The Kier molecular flexibility index (Phi) is 4.78. The van der Waals surface area contributed by atoms with Crippen LogP contribution in [0.15, 0.2) is 30.3 Å². The molecular formula is C12H17ClN2O2. The van der Waals surface area contributed by atoms with Gasteiger partial charge in [0.25, 0.3) is 0 Å². The van der Waals surface area contributed by atoms with Gasteiger partial charge in [0.15, 0.2) is 0 Å². The molecule has 2 atom stereocenters. The van der Waals surface area contributed by atoms with E-state index in [2.05, 4.69) is 0 Å². The molecule has 0 saturated carbocycles. The molecule has 0 unspecified atom stereocenters. The fraction of sp³-hybridized carbons (Fsp3) is 0.417. The van der Waals surface area contributed by atoms with Crippen LogP contribution in [0.25, 0.3) is 0 Å². The number of nitrogens with zero attached hydrogens (tertiary/aromatic N) is 1. The Morgan fingerprint density at radius 2 is 2.00 bits per heavy atom. The van der Waals surface area contributed by atoms with Crippen LogP contribution >= 0.6 is 12.4 Å². The number of carboxylic acid groups (broad SMARTS) is 1. The summed E-state index contributed by atoms with van der Waals surface area (Å²) in [6.45, 7) is 1.63. The maximum absolute atomic E-state index is 10.9. The van der Waals surface area contributed by atoms with Crippen LogP contribution in [0.4, 0.5) is 4.79 Å². The van der Waals surface area contributed by atoms with Gasteiger partial charge in [-0.1, -0.05) is 30.3 Å². The van der Waals surface area contributed by atoms with Gasteiger partial charge in [0, 0.05) is 19.0 Å². The van der Waals surface area contributed by atoms with Crippen LogP contribution in [0.2, 0.25) is 0 Å². The fourth-order valence-electron chi connectivity index (χ4n) is 2.34. The number of nitrogens with two attached hydrogens (primary N) is 1. The summed E-state index contributed by atoms with van der Waals surface area (Å²) in [5.74, 6) is 0.473. The van der Waals surface area contributed by atoms with E-state index in [0.29, 0.717) is 19.6 Å². The molecule has 0 spiro atoms. The molecule has 17 heavy (non-hydrogen) atoms. The number of rotatable bonds is 2. The fourth-order valence-corrected chi connectivity index (χ4v) is 2.34. The van der Waals surface area contributed by atoms with Crippen molar-refractivity contribution in [2.24, 2.45) is 11.7 Å². The molecule has 1 aliphatic heterocycles. The zero-order valence-electron chi connectivity index (χ0n) is 9.45. The summed E-state index contributed by atoms with van der Waals surface area (Å²) >= 11 is 0. The maximum Gasteiger partial charge on any atom is 0.407 e. The lowest BCUT2D eigenvalue weighted by Crippen LogP contribution is -2.27. The smallest absolute Gasteiger partial charge is 0.407 e.